The first-order chi connectivity index (χ1) is 9.12. The summed E-state index contributed by atoms with van der Waals surface area (Å²) >= 11 is 0. The molecule has 0 saturated heterocycles. The Kier molecular flexibility index (Phi) is 4.04. The minimum absolute atomic E-state index is 0.0420. The van der Waals surface area contributed by atoms with Crippen LogP contribution < -0.4 is 16.6 Å². The summed E-state index contributed by atoms with van der Waals surface area (Å²) in [5, 5.41) is 2.89. The topological polar surface area (TPSA) is 67.2 Å². The lowest BCUT2D eigenvalue weighted by atomic mass is 10.0. The molecule has 1 aliphatic rings. The molecule has 0 unspecified atom stereocenters. The van der Waals surface area contributed by atoms with E-state index in [0.717, 1.165) is 25.7 Å². The molecule has 0 aromatic heterocycles. The van der Waals surface area contributed by atoms with Crippen LogP contribution in [0.15, 0.2) is 18.2 Å². The van der Waals surface area contributed by atoms with Crippen LogP contribution in [0.5, 0.6) is 0 Å². The molecule has 4 nitrogen and oxygen atoms in total. The number of hydrogen-bond acceptors (Lipinski definition) is 3. The highest BCUT2D eigenvalue weighted by molar-refractivity contribution is 5.99. The number of hydrogen-bond donors (Lipinski definition) is 3. The van der Waals surface area contributed by atoms with Gasteiger partial charge in [-0.15, -0.1) is 0 Å². The fourth-order valence-corrected chi connectivity index (χ4v) is 2.45. The summed E-state index contributed by atoms with van der Waals surface area (Å²) < 4.78 is 13.5. The maximum absolute atomic E-state index is 13.5. The van der Waals surface area contributed by atoms with Crippen LogP contribution in [-0.2, 0) is 0 Å². The van der Waals surface area contributed by atoms with Crippen molar-refractivity contribution in [3.63, 3.8) is 0 Å². The second kappa shape index (κ2) is 5.57. The van der Waals surface area contributed by atoms with Gasteiger partial charge >= 0.3 is 0 Å². The van der Waals surface area contributed by atoms with Gasteiger partial charge < -0.3 is 10.7 Å². The lowest BCUT2D eigenvalue weighted by Gasteiger charge is -2.16. The van der Waals surface area contributed by atoms with Crippen molar-refractivity contribution >= 4 is 11.6 Å². The van der Waals surface area contributed by atoms with Crippen molar-refractivity contribution in [1.29, 1.82) is 0 Å². The van der Waals surface area contributed by atoms with Crippen LogP contribution in [0.1, 0.15) is 43.0 Å². The van der Waals surface area contributed by atoms with E-state index in [1.807, 2.05) is 0 Å². The molecule has 1 amide bonds. The first kappa shape index (κ1) is 13.8. The summed E-state index contributed by atoms with van der Waals surface area (Å²) in [6.45, 7) is 2.80. The monoisotopic (exact) mass is 265 g/mol. The van der Waals surface area contributed by atoms with E-state index in [0.29, 0.717) is 6.54 Å². The van der Waals surface area contributed by atoms with Gasteiger partial charge in [0.1, 0.15) is 5.82 Å². The maximum Gasteiger partial charge on any atom is 0.253 e. The number of benzene rings is 1. The van der Waals surface area contributed by atoms with Crippen molar-refractivity contribution in [1.82, 2.24) is 5.32 Å². The quantitative estimate of drug-likeness (QED) is 0.546. The van der Waals surface area contributed by atoms with E-state index in [2.05, 4.69) is 17.7 Å². The fraction of sp³-hybridized carbons (Fsp3) is 0.500. The minimum Gasteiger partial charge on any atom is -0.351 e. The number of halogens is 1. The molecule has 0 spiro atoms. The highest BCUT2D eigenvalue weighted by Gasteiger charge is 2.41. The zero-order valence-electron chi connectivity index (χ0n) is 11.1. The first-order valence-electron chi connectivity index (χ1n) is 6.65. The Morgan fingerprint density at radius 1 is 1.47 bits per heavy atom. The fourth-order valence-electron chi connectivity index (χ4n) is 2.45. The van der Waals surface area contributed by atoms with Gasteiger partial charge in [-0.2, -0.15) is 0 Å². The predicted molar refractivity (Wildman–Crippen MR) is 73.1 cm³/mol. The predicted octanol–water partition coefficient (Wildman–Crippen LogP) is 2.42. The molecule has 0 bridgehead atoms. The molecule has 4 N–H and O–H groups in total. The summed E-state index contributed by atoms with van der Waals surface area (Å²) in [5.41, 5.74) is 2.81. The summed E-state index contributed by atoms with van der Waals surface area (Å²) in [5.74, 6) is 4.46. The molecule has 0 aliphatic heterocycles. The van der Waals surface area contributed by atoms with Crippen molar-refractivity contribution in [3.8, 4) is 0 Å². The highest BCUT2D eigenvalue weighted by atomic mass is 19.1. The van der Waals surface area contributed by atoms with E-state index in [4.69, 9.17) is 5.84 Å². The van der Waals surface area contributed by atoms with Gasteiger partial charge in [-0.3, -0.25) is 10.6 Å². The van der Waals surface area contributed by atoms with Gasteiger partial charge in [0.05, 0.1) is 11.3 Å². The number of rotatable bonds is 6. The third kappa shape index (κ3) is 3.04. The standard InChI is InChI=1S/C14H20FN3O/c1-2-6-14(7-8-14)9-17-13(19)10-4-3-5-11(15)12(10)18-16/h3-5,18H,2,6-9,16H2,1H3,(H,17,19). The van der Waals surface area contributed by atoms with Gasteiger partial charge in [0, 0.05) is 6.54 Å². The van der Waals surface area contributed by atoms with E-state index >= 15 is 0 Å². The molecule has 5 heteroatoms. The van der Waals surface area contributed by atoms with E-state index in [9.17, 15) is 9.18 Å². The number of nitrogens with two attached hydrogens (primary N) is 1. The summed E-state index contributed by atoms with van der Waals surface area (Å²) in [7, 11) is 0. The lowest BCUT2D eigenvalue weighted by Crippen LogP contribution is -2.31. The number of hydrazine groups is 1. The smallest absolute Gasteiger partial charge is 0.253 e. The van der Waals surface area contributed by atoms with Crippen LogP contribution >= 0.6 is 0 Å². The van der Waals surface area contributed by atoms with Gasteiger partial charge in [0.15, 0.2) is 0 Å². The second-order valence-corrected chi connectivity index (χ2v) is 5.24. The maximum atomic E-state index is 13.5. The average Bonchev–Trinajstić information content (AvgIpc) is 3.16. The van der Waals surface area contributed by atoms with Crippen molar-refractivity contribution in [2.45, 2.75) is 32.6 Å². The van der Waals surface area contributed by atoms with Crippen molar-refractivity contribution in [2.24, 2.45) is 11.3 Å². The van der Waals surface area contributed by atoms with Gasteiger partial charge in [-0.25, -0.2) is 4.39 Å². The lowest BCUT2D eigenvalue weighted by molar-refractivity contribution is 0.0944. The molecule has 1 aromatic rings. The zero-order valence-corrected chi connectivity index (χ0v) is 11.1. The molecule has 0 radical (unpaired) electrons. The normalized spacial score (nSPS) is 15.9. The van der Waals surface area contributed by atoms with Crippen LogP contribution in [-0.4, -0.2) is 12.5 Å². The molecule has 2 rings (SSSR count). The third-order valence-corrected chi connectivity index (χ3v) is 3.76. The van der Waals surface area contributed by atoms with Gasteiger partial charge in [0.25, 0.3) is 5.91 Å². The molecule has 0 heterocycles. The van der Waals surface area contributed by atoms with Crippen molar-refractivity contribution in [3.05, 3.63) is 29.6 Å². The van der Waals surface area contributed by atoms with Crippen LogP contribution in [0.3, 0.4) is 0 Å². The molecule has 1 saturated carbocycles. The Morgan fingerprint density at radius 2 is 2.21 bits per heavy atom. The molecule has 1 fully saturated rings. The second-order valence-electron chi connectivity index (χ2n) is 5.24. The van der Waals surface area contributed by atoms with Gasteiger partial charge in [-0.05, 0) is 36.8 Å². The highest BCUT2D eigenvalue weighted by Crippen LogP contribution is 2.48. The van der Waals surface area contributed by atoms with E-state index in [1.165, 1.54) is 12.1 Å². The summed E-state index contributed by atoms with van der Waals surface area (Å²) in [6.07, 6.45) is 4.56. The summed E-state index contributed by atoms with van der Waals surface area (Å²) in [4.78, 5) is 12.1. The van der Waals surface area contributed by atoms with E-state index in [1.54, 1.807) is 6.07 Å². The molecular weight excluding hydrogens is 245 g/mol. The first-order valence-corrected chi connectivity index (χ1v) is 6.65. The Morgan fingerprint density at radius 3 is 2.79 bits per heavy atom. The zero-order chi connectivity index (χ0) is 13.9. The van der Waals surface area contributed by atoms with Crippen LogP contribution in [0, 0.1) is 11.2 Å². The van der Waals surface area contributed by atoms with Crippen molar-refractivity contribution in [2.75, 3.05) is 12.0 Å². The third-order valence-electron chi connectivity index (χ3n) is 3.76. The number of anilines is 1. The SMILES string of the molecule is CCCC1(CNC(=O)c2cccc(F)c2NN)CC1. The van der Waals surface area contributed by atoms with E-state index < -0.39 is 5.82 Å². The summed E-state index contributed by atoms with van der Waals surface area (Å²) in [6, 6.07) is 4.34. The largest absolute Gasteiger partial charge is 0.351 e. The Hall–Kier alpha value is -1.62. The molecule has 19 heavy (non-hydrogen) atoms. The molecular formula is C14H20FN3O. The van der Waals surface area contributed by atoms with Crippen LogP contribution in [0.25, 0.3) is 0 Å². The molecule has 104 valence electrons. The van der Waals surface area contributed by atoms with Crippen molar-refractivity contribution < 1.29 is 9.18 Å². The number of nitrogens with one attached hydrogen (secondary N) is 2. The average molecular weight is 265 g/mol. The molecule has 1 aromatic carbocycles. The molecule has 1 aliphatic carbocycles. The number of para-hydroxylation sites is 1. The molecule has 0 atom stereocenters. The van der Waals surface area contributed by atoms with Crippen LogP contribution in [0.4, 0.5) is 10.1 Å². The van der Waals surface area contributed by atoms with E-state index in [-0.39, 0.29) is 22.6 Å². The number of amides is 1. The minimum atomic E-state index is -0.523. The van der Waals surface area contributed by atoms with Crippen LogP contribution in [0.2, 0.25) is 0 Å². The number of carbonyl (C=O) groups excluding carboxylic acids is 1. The number of nitrogen functional groups attached to an aromatic ring is 1. The van der Waals surface area contributed by atoms with Gasteiger partial charge in [-0.1, -0.05) is 19.4 Å². The van der Waals surface area contributed by atoms with Gasteiger partial charge in [0.2, 0.25) is 0 Å². The Bertz CT molecular complexity index is 472. The Labute approximate surface area is 112 Å². The number of carbonyl (C=O) groups is 1. The Balaban J connectivity index is 2.02.